The van der Waals surface area contributed by atoms with Crippen molar-refractivity contribution in [2.45, 2.75) is 44.9 Å². The maximum atomic E-state index is 12.2. The zero-order valence-electron chi connectivity index (χ0n) is 13.6. The number of unbranched alkanes of at least 4 members (excludes halogenated alkanes) is 2. The Morgan fingerprint density at radius 3 is 2.59 bits per heavy atom. The summed E-state index contributed by atoms with van der Waals surface area (Å²) in [7, 11) is -3.57. The van der Waals surface area contributed by atoms with E-state index in [1.807, 2.05) is 13.8 Å². The van der Waals surface area contributed by atoms with E-state index in [1.54, 1.807) is 12.1 Å². The highest BCUT2D eigenvalue weighted by molar-refractivity contribution is 7.89. The Morgan fingerprint density at radius 2 is 1.95 bits per heavy atom. The molecule has 0 atom stereocenters. The van der Waals surface area contributed by atoms with Crippen LogP contribution in [0.3, 0.4) is 0 Å². The van der Waals surface area contributed by atoms with Gasteiger partial charge in [-0.2, -0.15) is 0 Å². The maximum Gasteiger partial charge on any atom is 0.251 e. The van der Waals surface area contributed by atoms with E-state index in [0.717, 1.165) is 19.3 Å². The Kier molecular flexibility index (Phi) is 7.55. The standard InChI is InChI=1S/C16H26N2O3S/c1-4-5-6-10-17-16(19)14-8-7-9-15(11-14)22(20,21)18-12-13(2)3/h7-9,11,13,18H,4-6,10,12H2,1-3H3,(H,17,19). The highest BCUT2D eigenvalue weighted by atomic mass is 32.2. The monoisotopic (exact) mass is 326 g/mol. The van der Waals surface area contributed by atoms with E-state index in [1.165, 1.54) is 12.1 Å². The average molecular weight is 326 g/mol. The second-order valence-electron chi connectivity index (χ2n) is 5.74. The molecule has 0 aliphatic heterocycles. The van der Waals surface area contributed by atoms with Gasteiger partial charge in [0.1, 0.15) is 0 Å². The van der Waals surface area contributed by atoms with Crippen molar-refractivity contribution in [3.8, 4) is 0 Å². The van der Waals surface area contributed by atoms with Crippen molar-refractivity contribution < 1.29 is 13.2 Å². The van der Waals surface area contributed by atoms with Crippen molar-refractivity contribution in [3.05, 3.63) is 29.8 Å². The molecule has 6 heteroatoms. The van der Waals surface area contributed by atoms with Crippen LogP contribution in [0.4, 0.5) is 0 Å². The highest BCUT2D eigenvalue weighted by Crippen LogP contribution is 2.12. The number of sulfonamides is 1. The maximum absolute atomic E-state index is 12.2. The number of carbonyl (C=O) groups is 1. The lowest BCUT2D eigenvalue weighted by Crippen LogP contribution is -2.28. The second-order valence-corrected chi connectivity index (χ2v) is 7.50. The molecule has 5 nitrogen and oxygen atoms in total. The van der Waals surface area contributed by atoms with Crippen LogP contribution in [0, 0.1) is 5.92 Å². The third-order valence-electron chi connectivity index (χ3n) is 3.15. The molecular formula is C16H26N2O3S. The van der Waals surface area contributed by atoms with Gasteiger partial charge < -0.3 is 5.32 Å². The minimum atomic E-state index is -3.57. The summed E-state index contributed by atoms with van der Waals surface area (Å²) in [6, 6.07) is 6.12. The third-order valence-corrected chi connectivity index (χ3v) is 4.58. The van der Waals surface area contributed by atoms with Crippen LogP contribution in [0.25, 0.3) is 0 Å². The predicted molar refractivity (Wildman–Crippen MR) is 88.3 cm³/mol. The number of hydrogen-bond donors (Lipinski definition) is 2. The van der Waals surface area contributed by atoms with Gasteiger partial charge in [0.15, 0.2) is 0 Å². The molecule has 1 aromatic rings. The molecule has 0 bridgehead atoms. The van der Waals surface area contributed by atoms with E-state index >= 15 is 0 Å². The fraction of sp³-hybridized carbons (Fsp3) is 0.562. The Labute approximate surface area is 133 Å². The Bertz CT molecular complexity index is 583. The topological polar surface area (TPSA) is 75.3 Å². The summed E-state index contributed by atoms with van der Waals surface area (Å²) in [4.78, 5) is 12.1. The van der Waals surface area contributed by atoms with Crippen molar-refractivity contribution in [2.24, 2.45) is 5.92 Å². The first kappa shape index (κ1) is 18.6. The van der Waals surface area contributed by atoms with Crippen LogP contribution < -0.4 is 10.0 Å². The molecule has 0 heterocycles. The normalized spacial score (nSPS) is 11.6. The van der Waals surface area contributed by atoms with Crippen LogP contribution in [-0.2, 0) is 10.0 Å². The molecule has 0 fully saturated rings. The van der Waals surface area contributed by atoms with Gasteiger partial charge in [-0.1, -0.05) is 39.7 Å². The number of benzene rings is 1. The fourth-order valence-corrected chi connectivity index (χ4v) is 3.10. The molecule has 0 aliphatic rings. The van der Waals surface area contributed by atoms with Crippen LogP contribution in [0.2, 0.25) is 0 Å². The van der Waals surface area contributed by atoms with Gasteiger partial charge in [0.05, 0.1) is 4.90 Å². The van der Waals surface area contributed by atoms with E-state index in [0.29, 0.717) is 18.7 Å². The van der Waals surface area contributed by atoms with Gasteiger partial charge in [-0.15, -0.1) is 0 Å². The van der Waals surface area contributed by atoms with Crippen LogP contribution in [-0.4, -0.2) is 27.4 Å². The molecular weight excluding hydrogens is 300 g/mol. The second kappa shape index (κ2) is 8.90. The first-order valence-corrected chi connectivity index (χ1v) is 9.23. The van der Waals surface area contributed by atoms with Crippen LogP contribution >= 0.6 is 0 Å². The Balaban J connectivity index is 2.74. The van der Waals surface area contributed by atoms with E-state index < -0.39 is 10.0 Å². The van der Waals surface area contributed by atoms with Gasteiger partial charge in [0, 0.05) is 18.7 Å². The lowest BCUT2D eigenvalue weighted by atomic mass is 10.2. The number of carbonyl (C=O) groups excluding carboxylic acids is 1. The summed E-state index contributed by atoms with van der Waals surface area (Å²) in [5, 5.41) is 2.81. The van der Waals surface area contributed by atoms with E-state index in [2.05, 4.69) is 17.0 Å². The van der Waals surface area contributed by atoms with Crippen LogP contribution in [0.5, 0.6) is 0 Å². The minimum absolute atomic E-state index is 0.120. The van der Waals surface area contributed by atoms with Gasteiger partial charge in [-0.25, -0.2) is 13.1 Å². The van der Waals surface area contributed by atoms with Gasteiger partial charge in [0.25, 0.3) is 5.91 Å². The van der Waals surface area contributed by atoms with Crippen molar-refractivity contribution in [1.82, 2.24) is 10.0 Å². The van der Waals surface area contributed by atoms with E-state index in [4.69, 9.17) is 0 Å². The highest BCUT2D eigenvalue weighted by Gasteiger charge is 2.16. The molecule has 1 rings (SSSR count). The van der Waals surface area contributed by atoms with Gasteiger partial charge >= 0.3 is 0 Å². The molecule has 124 valence electrons. The predicted octanol–water partition coefficient (Wildman–Crippen LogP) is 2.54. The van der Waals surface area contributed by atoms with Crippen LogP contribution in [0.1, 0.15) is 50.4 Å². The summed E-state index contributed by atoms with van der Waals surface area (Å²) >= 11 is 0. The van der Waals surface area contributed by atoms with Crippen LogP contribution in [0.15, 0.2) is 29.2 Å². The Hall–Kier alpha value is -1.40. The number of hydrogen-bond acceptors (Lipinski definition) is 3. The summed E-state index contributed by atoms with van der Waals surface area (Å²) < 4.78 is 26.9. The number of nitrogens with one attached hydrogen (secondary N) is 2. The third kappa shape index (κ3) is 6.15. The number of amides is 1. The quantitative estimate of drug-likeness (QED) is 0.685. The summed E-state index contributed by atoms with van der Waals surface area (Å²) in [5.41, 5.74) is 0.365. The lowest BCUT2D eigenvalue weighted by molar-refractivity contribution is 0.0952. The van der Waals surface area contributed by atoms with E-state index in [-0.39, 0.29) is 16.7 Å². The van der Waals surface area contributed by atoms with Crippen molar-refractivity contribution in [2.75, 3.05) is 13.1 Å². The smallest absolute Gasteiger partial charge is 0.251 e. The molecule has 0 saturated carbocycles. The molecule has 1 aromatic carbocycles. The molecule has 0 aliphatic carbocycles. The van der Waals surface area contributed by atoms with Gasteiger partial charge in [0.2, 0.25) is 10.0 Å². The zero-order valence-corrected chi connectivity index (χ0v) is 14.4. The van der Waals surface area contributed by atoms with E-state index in [9.17, 15) is 13.2 Å². The van der Waals surface area contributed by atoms with Gasteiger partial charge in [-0.3, -0.25) is 4.79 Å². The molecule has 2 N–H and O–H groups in total. The molecule has 0 spiro atoms. The zero-order chi connectivity index (χ0) is 16.6. The summed E-state index contributed by atoms with van der Waals surface area (Å²) in [6.45, 7) is 6.94. The fourth-order valence-electron chi connectivity index (χ4n) is 1.84. The Morgan fingerprint density at radius 1 is 1.23 bits per heavy atom. The summed E-state index contributed by atoms with van der Waals surface area (Å²) in [6.07, 6.45) is 3.08. The summed E-state index contributed by atoms with van der Waals surface area (Å²) in [5.74, 6) is -0.0168. The van der Waals surface area contributed by atoms with Crippen molar-refractivity contribution in [1.29, 1.82) is 0 Å². The first-order valence-electron chi connectivity index (χ1n) is 7.74. The average Bonchev–Trinajstić information content (AvgIpc) is 2.49. The molecule has 0 unspecified atom stereocenters. The van der Waals surface area contributed by atoms with Crippen molar-refractivity contribution >= 4 is 15.9 Å². The first-order chi connectivity index (χ1) is 10.4. The molecule has 0 aromatic heterocycles. The molecule has 1 amide bonds. The largest absolute Gasteiger partial charge is 0.352 e. The SMILES string of the molecule is CCCCCNC(=O)c1cccc(S(=O)(=O)NCC(C)C)c1. The molecule has 0 radical (unpaired) electrons. The molecule has 0 saturated heterocycles. The van der Waals surface area contributed by atoms with Crippen molar-refractivity contribution in [3.63, 3.8) is 0 Å². The molecule has 22 heavy (non-hydrogen) atoms. The lowest BCUT2D eigenvalue weighted by Gasteiger charge is -2.10. The number of rotatable bonds is 9. The minimum Gasteiger partial charge on any atom is -0.352 e. The van der Waals surface area contributed by atoms with Gasteiger partial charge in [-0.05, 0) is 30.5 Å².